The number of benzene rings is 2. The summed E-state index contributed by atoms with van der Waals surface area (Å²) in [6.07, 6.45) is 1.59. The molecule has 3 aromatic rings. The van der Waals surface area contributed by atoms with Gasteiger partial charge in [-0.05, 0) is 17.7 Å². The topological polar surface area (TPSA) is 43.1 Å². The lowest BCUT2D eigenvalue weighted by Gasteiger charge is -1.99. The second-order valence-electron chi connectivity index (χ2n) is 4.72. The standard InChI is InChI=1S/C17H15NO2S/c19-21(12-14-7-3-1-4-8-14)13-16-11-20-17(18-16)15-9-5-2-6-10-15/h1-11H,12-13H2. The first-order chi connectivity index (χ1) is 10.3. The lowest BCUT2D eigenvalue weighted by molar-refractivity contribution is 0.573. The molecule has 4 heteroatoms. The van der Waals surface area contributed by atoms with Crippen LogP contribution in [0.3, 0.4) is 0 Å². The molecule has 3 nitrogen and oxygen atoms in total. The van der Waals surface area contributed by atoms with Crippen LogP contribution in [0.2, 0.25) is 0 Å². The van der Waals surface area contributed by atoms with Crippen LogP contribution in [0.5, 0.6) is 0 Å². The van der Waals surface area contributed by atoms with Crippen LogP contribution in [0.4, 0.5) is 0 Å². The smallest absolute Gasteiger partial charge is 0.226 e. The van der Waals surface area contributed by atoms with Crippen LogP contribution in [0, 0.1) is 0 Å². The van der Waals surface area contributed by atoms with E-state index in [1.807, 2.05) is 60.7 Å². The van der Waals surface area contributed by atoms with Crippen molar-refractivity contribution < 1.29 is 8.63 Å². The maximum absolute atomic E-state index is 12.2. The van der Waals surface area contributed by atoms with Gasteiger partial charge in [-0.1, -0.05) is 48.5 Å². The fraction of sp³-hybridized carbons (Fsp3) is 0.118. The Hall–Kier alpha value is -2.20. The van der Waals surface area contributed by atoms with Crippen LogP contribution in [0.15, 0.2) is 71.3 Å². The minimum Gasteiger partial charge on any atom is -0.444 e. The zero-order valence-electron chi connectivity index (χ0n) is 11.4. The van der Waals surface area contributed by atoms with Gasteiger partial charge in [-0.2, -0.15) is 0 Å². The van der Waals surface area contributed by atoms with E-state index in [0.29, 0.717) is 17.4 Å². The van der Waals surface area contributed by atoms with E-state index in [4.69, 9.17) is 4.42 Å². The van der Waals surface area contributed by atoms with Gasteiger partial charge in [0.25, 0.3) is 0 Å². The van der Waals surface area contributed by atoms with Gasteiger partial charge in [-0.15, -0.1) is 0 Å². The molecule has 1 aromatic heterocycles. The average Bonchev–Trinajstić information content (AvgIpc) is 2.97. The Morgan fingerprint density at radius 2 is 1.57 bits per heavy atom. The number of hydrogen-bond donors (Lipinski definition) is 0. The minimum absolute atomic E-state index is 0.408. The van der Waals surface area contributed by atoms with Crippen molar-refractivity contribution >= 4 is 10.8 Å². The quantitative estimate of drug-likeness (QED) is 0.719. The Labute approximate surface area is 126 Å². The highest BCUT2D eigenvalue weighted by Gasteiger charge is 2.09. The van der Waals surface area contributed by atoms with Gasteiger partial charge >= 0.3 is 0 Å². The molecular weight excluding hydrogens is 282 g/mol. The van der Waals surface area contributed by atoms with E-state index in [0.717, 1.165) is 16.8 Å². The molecule has 0 fully saturated rings. The summed E-state index contributed by atoms with van der Waals surface area (Å²) in [6, 6.07) is 19.5. The summed E-state index contributed by atoms with van der Waals surface area (Å²) >= 11 is 0. The molecule has 0 amide bonds. The zero-order chi connectivity index (χ0) is 14.5. The van der Waals surface area contributed by atoms with Crippen LogP contribution in [-0.2, 0) is 22.3 Å². The number of rotatable bonds is 5. The third kappa shape index (κ3) is 3.67. The Morgan fingerprint density at radius 1 is 0.905 bits per heavy atom. The van der Waals surface area contributed by atoms with Gasteiger partial charge < -0.3 is 4.42 Å². The van der Waals surface area contributed by atoms with Crippen molar-refractivity contribution in [1.82, 2.24) is 4.98 Å². The molecule has 3 rings (SSSR count). The fourth-order valence-corrected chi connectivity index (χ4v) is 3.19. The summed E-state index contributed by atoms with van der Waals surface area (Å²) < 4.78 is 17.6. The molecule has 0 radical (unpaired) electrons. The van der Waals surface area contributed by atoms with E-state index in [2.05, 4.69) is 4.98 Å². The molecule has 0 saturated heterocycles. The summed E-state index contributed by atoms with van der Waals surface area (Å²) in [5.41, 5.74) is 2.73. The molecular formula is C17H15NO2S. The van der Waals surface area contributed by atoms with Crippen LogP contribution >= 0.6 is 0 Å². The Morgan fingerprint density at radius 3 is 2.29 bits per heavy atom. The number of oxazole rings is 1. The maximum Gasteiger partial charge on any atom is 0.226 e. The van der Waals surface area contributed by atoms with Crippen molar-refractivity contribution in [3.63, 3.8) is 0 Å². The molecule has 0 bridgehead atoms. The van der Waals surface area contributed by atoms with Gasteiger partial charge in [0.1, 0.15) is 6.26 Å². The van der Waals surface area contributed by atoms with E-state index < -0.39 is 10.8 Å². The highest BCUT2D eigenvalue weighted by atomic mass is 32.2. The zero-order valence-corrected chi connectivity index (χ0v) is 12.3. The highest BCUT2D eigenvalue weighted by molar-refractivity contribution is 7.83. The highest BCUT2D eigenvalue weighted by Crippen LogP contribution is 2.19. The normalized spacial score (nSPS) is 12.2. The number of nitrogens with zero attached hydrogens (tertiary/aromatic N) is 1. The molecule has 0 spiro atoms. The van der Waals surface area contributed by atoms with Gasteiger partial charge in [-0.25, -0.2) is 4.98 Å². The monoisotopic (exact) mass is 297 g/mol. The van der Waals surface area contributed by atoms with Gasteiger partial charge in [-0.3, -0.25) is 4.21 Å². The van der Waals surface area contributed by atoms with Crippen LogP contribution in [0.1, 0.15) is 11.3 Å². The molecule has 1 atom stereocenters. The molecule has 0 saturated carbocycles. The second kappa shape index (κ2) is 6.50. The van der Waals surface area contributed by atoms with Gasteiger partial charge in [0.2, 0.25) is 5.89 Å². The summed E-state index contributed by atoms with van der Waals surface area (Å²) in [4.78, 5) is 4.40. The first-order valence-corrected chi connectivity index (χ1v) is 8.19. The molecule has 1 unspecified atom stereocenters. The van der Waals surface area contributed by atoms with E-state index in [1.165, 1.54) is 0 Å². The first-order valence-electron chi connectivity index (χ1n) is 6.70. The van der Waals surface area contributed by atoms with E-state index >= 15 is 0 Å². The van der Waals surface area contributed by atoms with Crippen molar-refractivity contribution in [1.29, 1.82) is 0 Å². The van der Waals surface area contributed by atoms with E-state index in [1.54, 1.807) is 6.26 Å². The molecule has 106 valence electrons. The van der Waals surface area contributed by atoms with Crippen LogP contribution in [-0.4, -0.2) is 9.19 Å². The first kappa shape index (κ1) is 13.8. The van der Waals surface area contributed by atoms with Crippen LogP contribution in [0.25, 0.3) is 11.5 Å². The summed E-state index contributed by atoms with van der Waals surface area (Å²) in [5.74, 6) is 1.52. The molecule has 0 N–H and O–H groups in total. The summed E-state index contributed by atoms with van der Waals surface area (Å²) in [7, 11) is -0.988. The van der Waals surface area contributed by atoms with Gasteiger partial charge in [0, 0.05) is 22.1 Å². The van der Waals surface area contributed by atoms with Crippen molar-refractivity contribution in [2.75, 3.05) is 0 Å². The molecule has 2 aromatic carbocycles. The predicted octanol–water partition coefficient (Wildman–Crippen LogP) is 3.79. The lowest BCUT2D eigenvalue weighted by atomic mass is 10.2. The van der Waals surface area contributed by atoms with E-state index in [-0.39, 0.29) is 0 Å². The maximum atomic E-state index is 12.2. The molecule has 0 aliphatic rings. The number of aromatic nitrogens is 1. The minimum atomic E-state index is -0.988. The second-order valence-corrected chi connectivity index (χ2v) is 6.18. The van der Waals surface area contributed by atoms with E-state index in [9.17, 15) is 4.21 Å². The van der Waals surface area contributed by atoms with Gasteiger partial charge in [0.15, 0.2) is 0 Å². The fourth-order valence-electron chi connectivity index (χ4n) is 2.06. The molecule has 1 heterocycles. The Balaban J connectivity index is 1.66. The Bertz CT molecular complexity index is 723. The lowest BCUT2D eigenvalue weighted by Crippen LogP contribution is -1.99. The van der Waals surface area contributed by atoms with Crippen LogP contribution < -0.4 is 0 Å². The summed E-state index contributed by atoms with van der Waals surface area (Å²) in [5, 5.41) is 0. The van der Waals surface area contributed by atoms with Gasteiger partial charge in [0.05, 0.1) is 11.4 Å². The van der Waals surface area contributed by atoms with Crippen molar-refractivity contribution in [2.45, 2.75) is 11.5 Å². The van der Waals surface area contributed by atoms with Crippen molar-refractivity contribution in [3.8, 4) is 11.5 Å². The molecule has 0 aliphatic carbocycles. The van der Waals surface area contributed by atoms with Crippen molar-refractivity contribution in [3.05, 3.63) is 78.2 Å². The number of hydrogen-bond acceptors (Lipinski definition) is 3. The average molecular weight is 297 g/mol. The third-order valence-electron chi connectivity index (χ3n) is 3.05. The van der Waals surface area contributed by atoms with Crippen molar-refractivity contribution in [2.24, 2.45) is 0 Å². The SMILES string of the molecule is O=S(Cc1ccccc1)Cc1coc(-c2ccccc2)n1. The molecule has 0 aliphatic heterocycles. The third-order valence-corrected chi connectivity index (χ3v) is 4.32. The largest absolute Gasteiger partial charge is 0.444 e. The molecule has 21 heavy (non-hydrogen) atoms. The predicted molar refractivity (Wildman–Crippen MR) is 83.9 cm³/mol. The Kier molecular flexibility index (Phi) is 4.26. The summed E-state index contributed by atoms with van der Waals surface area (Å²) in [6.45, 7) is 0.